The van der Waals surface area contributed by atoms with Gasteiger partial charge in [0.15, 0.2) is 5.78 Å². The number of hydrogen-bond donors (Lipinski definition) is 1. The minimum Gasteiger partial charge on any atom is -0.744 e. The number of benzene rings is 2. The fourth-order valence-electron chi connectivity index (χ4n) is 2.74. The fraction of sp³-hybridized carbons (Fsp3) is 0.316. The van der Waals surface area contributed by atoms with Crippen LogP contribution in [0.15, 0.2) is 53.4 Å². The van der Waals surface area contributed by atoms with Gasteiger partial charge < -0.3 is 9.87 Å². The summed E-state index contributed by atoms with van der Waals surface area (Å²) in [6.45, 7) is 3.87. The van der Waals surface area contributed by atoms with Crippen molar-refractivity contribution < 1.29 is 27.5 Å². The van der Waals surface area contributed by atoms with Gasteiger partial charge in [0, 0.05) is 24.3 Å². The highest BCUT2D eigenvalue weighted by atomic mass is 32.2. The van der Waals surface area contributed by atoms with E-state index in [9.17, 15) is 22.2 Å². The second-order valence-electron chi connectivity index (χ2n) is 6.28. The first-order valence-corrected chi connectivity index (χ1v) is 9.82. The highest BCUT2D eigenvalue weighted by Gasteiger charge is 2.23. The van der Waals surface area contributed by atoms with E-state index in [4.69, 9.17) is 0 Å². The van der Waals surface area contributed by atoms with Gasteiger partial charge in [0.1, 0.15) is 15.9 Å². The smallest absolute Gasteiger partial charge is 0.166 e. The summed E-state index contributed by atoms with van der Waals surface area (Å²) in [6, 6.07) is 11.6. The molecule has 0 unspecified atom stereocenters. The van der Waals surface area contributed by atoms with Gasteiger partial charge in [-0.1, -0.05) is 17.7 Å². The Bertz CT molecular complexity index is 827. The normalized spacial score (nSPS) is 15.0. The summed E-state index contributed by atoms with van der Waals surface area (Å²) < 4.78 is 43.8. The number of carbonyl (C=O) groups is 1. The van der Waals surface area contributed by atoms with E-state index < -0.39 is 10.1 Å². The Labute approximate surface area is 153 Å². The van der Waals surface area contributed by atoms with Crippen molar-refractivity contribution in [3.8, 4) is 0 Å². The van der Waals surface area contributed by atoms with Crippen LogP contribution in [0.25, 0.3) is 0 Å². The number of hydrogen-bond acceptors (Lipinski definition) is 4. The molecule has 3 rings (SSSR count). The van der Waals surface area contributed by atoms with E-state index >= 15 is 0 Å². The van der Waals surface area contributed by atoms with Crippen LogP contribution in [-0.4, -0.2) is 31.8 Å². The number of piperidine rings is 1. The largest absolute Gasteiger partial charge is 0.744 e. The zero-order chi connectivity index (χ0) is 19.2. The van der Waals surface area contributed by atoms with Crippen molar-refractivity contribution in [3.63, 3.8) is 0 Å². The van der Waals surface area contributed by atoms with Crippen molar-refractivity contribution in [2.75, 3.05) is 13.1 Å². The van der Waals surface area contributed by atoms with Gasteiger partial charge in [-0.2, -0.15) is 0 Å². The maximum absolute atomic E-state index is 12.7. The first-order chi connectivity index (χ1) is 12.3. The van der Waals surface area contributed by atoms with E-state index in [1.165, 1.54) is 24.3 Å². The number of carbonyl (C=O) groups excluding carboxylic acids is 1. The summed E-state index contributed by atoms with van der Waals surface area (Å²) in [5.41, 5.74) is 1.57. The molecule has 1 fully saturated rings. The van der Waals surface area contributed by atoms with Gasteiger partial charge in [-0.3, -0.25) is 4.79 Å². The maximum Gasteiger partial charge on any atom is 0.166 e. The molecule has 140 valence electrons. The monoisotopic (exact) mass is 379 g/mol. The molecule has 2 N–H and O–H groups in total. The third-order valence-corrected chi connectivity index (χ3v) is 5.10. The molecule has 0 aliphatic carbocycles. The van der Waals surface area contributed by atoms with E-state index in [-0.39, 0.29) is 22.4 Å². The zero-order valence-corrected chi connectivity index (χ0v) is 15.3. The summed E-state index contributed by atoms with van der Waals surface area (Å²) in [7, 11) is -4.27. The number of halogens is 1. The molecule has 1 saturated heterocycles. The molecular weight excluding hydrogens is 357 g/mol. The quantitative estimate of drug-likeness (QED) is 0.651. The van der Waals surface area contributed by atoms with Gasteiger partial charge in [-0.25, -0.2) is 12.8 Å². The minimum atomic E-state index is -4.27. The summed E-state index contributed by atoms with van der Waals surface area (Å²) in [6.07, 6.45) is 1.88. The van der Waals surface area contributed by atoms with E-state index in [0.717, 1.165) is 31.5 Å². The van der Waals surface area contributed by atoms with Crippen LogP contribution >= 0.6 is 0 Å². The van der Waals surface area contributed by atoms with E-state index in [1.807, 2.05) is 6.92 Å². The number of nitrogens with two attached hydrogens (primary N) is 1. The maximum atomic E-state index is 12.7. The van der Waals surface area contributed by atoms with Gasteiger partial charge in [0.05, 0.1) is 18.0 Å². The molecule has 0 bridgehead atoms. The summed E-state index contributed by atoms with van der Waals surface area (Å²) in [4.78, 5) is 11.8. The molecule has 2 aromatic carbocycles. The Kier molecular flexibility index (Phi) is 7.02. The molecule has 5 nitrogen and oxygen atoms in total. The first kappa shape index (κ1) is 20.2. The van der Waals surface area contributed by atoms with Crippen molar-refractivity contribution in [1.82, 2.24) is 0 Å². The van der Waals surface area contributed by atoms with Crippen LogP contribution in [0.1, 0.15) is 28.8 Å². The number of aryl methyl sites for hydroxylation is 1. The third-order valence-electron chi connectivity index (χ3n) is 4.25. The van der Waals surface area contributed by atoms with Gasteiger partial charge in [0.2, 0.25) is 0 Å². The van der Waals surface area contributed by atoms with Crippen LogP contribution in [0.3, 0.4) is 0 Å². The predicted octanol–water partition coefficient (Wildman–Crippen LogP) is 1.88. The van der Waals surface area contributed by atoms with Crippen LogP contribution < -0.4 is 5.32 Å². The summed E-state index contributed by atoms with van der Waals surface area (Å²) in [5.74, 6) is 0.0205. The fourth-order valence-corrected chi connectivity index (χ4v) is 3.21. The Morgan fingerprint density at radius 1 is 1.04 bits per heavy atom. The van der Waals surface area contributed by atoms with E-state index in [1.54, 1.807) is 24.3 Å². The number of Topliss-reactive ketones (excluding diaryl/α,β-unsaturated/α-hetero) is 1. The topological polar surface area (TPSA) is 90.9 Å². The molecule has 26 heavy (non-hydrogen) atoms. The van der Waals surface area contributed by atoms with Crippen molar-refractivity contribution >= 4 is 15.9 Å². The van der Waals surface area contributed by atoms with E-state index in [0.29, 0.717) is 5.56 Å². The van der Waals surface area contributed by atoms with Crippen molar-refractivity contribution in [3.05, 3.63) is 65.5 Å². The van der Waals surface area contributed by atoms with Gasteiger partial charge in [0.25, 0.3) is 0 Å². The van der Waals surface area contributed by atoms with Gasteiger partial charge in [-0.15, -0.1) is 0 Å². The lowest BCUT2D eigenvalue weighted by Crippen LogP contribution is -2.86. The van der Waals surface area contributed by atoms with Crippen LogP contribution in [0, 0.1) is 18.7 Å². The summed E-state index contributed by atoms with van der Waals surface area (Å²) >= 11 is 0. The lowest BCUT2D eigenvalue weighted by atomic mass is 9.90. The third kappa shape index (κ3) is 6.01. The average Bonchev–Trinajstić information content (AvgIpc) is 2.63. The van der Waals surface area contributed by atoms with Crippen LogP contribution in [-0.2, 0) is 10.1 Å². The van der Waals surface area contributed by atoms with Crippen molar-refractivity contribution in [1.29, 1.82) is 0 Å². The Balaban J connectivity index is 0.000000197. The second-order valence-corrected chi connectivity index (χ2v) is 7.66. The number of quaternary nitrogens is 1. The van der Waals surface area contributed by atoms with Crippen LogP contribution in [0.4, 0.5) is 4.39 Å². The highest BCUT2D eigenvalue weighted by molar-refractivity contribution is 7.85. The lowest BCUT2D eigenvalue weighted by molar-refractivity contribution is -0.663. The molecule has 1 aliphatic heterocycles. The highest BCUT2D eigenvalue weighted by Crippen LogP contribution is 2.16. The second kappa shape index (κ2) is 9.02. The number of ketones is 1. The van der Waals surface area contributed by atoms with E-state index in [2.05, 4.69) is 5.32 Å². The van der Waals surface area contributed by atoms with Gasteiger partial charge in [-0.05, 0) is 43.3 Å². The standard InChI is InChI=1S/C12H14FNO.C7H8O3S/c13-11-3-1-9(2-4-11)12(15)10-5-7-14-8-6-10;1-6-2-4-7(5-3-6)11(8,9)10/h1-4,10,14H,5-8H2;2-5H,1H3,(H,8,9,10). The molecular formula is C19H22FNO4S. The average molecular weight is 379 g/mol. The van der Waals surface area contributed by atoms with Crippen molar-refractivity contribution in [2.45, 2.75) is 24.7 Å². The molecule has 1 aliphatic rings. The molecule has 0 aromatic heterocycles. The Hall–Kier alpha value is -2.09. The van der Waals surface area contributed by atoms with Crippen molar-refractivity contribution in [2.24, 2.45) is 5.92 Å². The Morgan fingerprint density at radius 3 is 2.08 bits per heavy atom. The minimum absolute atomic E-state index is 0.139. The first-order valence-electron chi connectivity index (χ1n) is 8.41. The molecule has 2 aromatic rings. The SMILES string of the molecule is Cc1ccc(S(=O)(=O)[O-])cc1.O=C(c1ccc(F)cc1)C1CC[NH2+]CC1. The van der Waals surface area contributed by atoms with Crippen LogP contribution in [0.2, 0.25) is 0 Å². The van der Waals surface area contributed by atoms with Crippen LogP contribution in [0.5, 0.6) is 0 Å². The molecule has 0 amide bonds. The molecule has 0 atom stereocenters. The summed E-state index contributed by atoms with van der Waals surface area (Å²) in [5, 5.41) is 2.23. The molecule has 0 radical (unpaired) electrons. The zero-order valence-electron chi connectivity index (χ0n) is 14.5. The molecule has 0 spiro atoms. The molecule has 7 heteroatoms. The lowest BCUT2D eigenvalue weighted by Gasteiger charge is -2.18. The Morgan fingerprint density at radius 2 is 1.58 bits per heavy atom. The molecule has 1 heterocycles. The predicted molar refractivity (Wildman–Crippen MR) is 94.3 cm³/mol. The number of rotatable bonds is 3. The van der Waals surface area contributed by atoms with Gasteiger partial charge >= 0.3 is 0 Å². The molecule has 0 saturated carbocycles.